The Kier molecular flexibility index (Phi) is 4.40. The van der Waals surface area contributed by atoms with E-state index in [9.17, 15) is 9.90 Å². The highest BCUT2D eigenvalue weighted by Gasteiger charge is 2.30. The fourth-order valence-corrected chi connectivity index (χ4v) is 2.75. The topological polar surface area (TPSA) is 90.9 Å². The number of benzene rings is 1. The predicted octanol–water partition coefficient (Wildman–Crippen LogP) is 1.72. The number of hydrogen-bond donors (Lipinski definition) is 2. The first-order chi connectivity index (χ1) is 11.2. The monoisotopic (exact) mass is 310 g/mol. The Hall–Kier alpha value is -2.65. The van der Waals surface area contributed by atoms with Crippen molar-refractivity contribution in [1.29, 1.82) is 5.26 Å². The van der Waals surface area contributed by atoms with E-state index in [1.807, 2.05) is 30.3 Å². The standard InChI is InChI=1S/C17H18N4O2/c18-7-4-8-21-16(12-5-2-1-3-6-12)15(11-19-21)17(23)20-13-9-14(22)10-13/h1-3,5-6,11,13-14,22H,4,8-10H2,(H,20,23). The third-order valence-corrected chi connectivity index (χ3v) is 4.02. The zero-order valence-electron chi connectivity index (χ0n) is 12.6. The summed E-state index contributed by atoms with van der Waals surface area (Å²) in [5, 5.41) is 25.3. The molecule has 0 spiro atoms. The Bertz CT molecular complexity index is 727. The maximum Gasteiger partial charge on any atom is 0.255 e. The number of rotatable bonds is 5. The van der Waals surface area contributed by atoms with Crippen LogP contribution in [0, 0.1) is 11.3 Å². The van der Waals surface area contributed by atoms with E-state index in [0.717, 1.165) is 11.3 Å². The van der Waals surface area contributed by atoms with E-state index in [2.05, 4.69) is 16.5 Å². The Balaban J connectivity index is 1.88. The molecule has 0 bridgehead atoms. The summed E-state index contributed by atoms with van der Waals surface area (Å²) in [7, 11) is 0. The largest absolute Gasteiger partial charge is 0.393 e. The number of hydrogen-bond acceptors (Lipinski definition) is 4. The summed E-state index contributed by atoms with van der Waals surface area (Å²) in [6.07, 6.45) is 2.75. The molecule has 1 saturated carbocycles. The summed E-state index contributed by atoms with van der Waals surface area (Å²) in [5.41, 5.74) is 2.11. The number of aliphatic hydroxyl groups excluding tert-OH is 1. The quantitative estimate of drug-likeness (QED) is 0.879. The van der Waals surface area contributed by atoms with Crippen molar-refractivity contribution in [2.45, 2.75) is 38.0 Å². The van der Waals surface area contributed by atoms with Crippen molar-refractivity contribution in [2.75, 3.05) is 0 Å². The molecule has 0 unspecified atom stereocenters. The normalized spacial score (nSPS) is 19.7. The maximum atomic E-state index is 12.5. The fraction of sp³-hybridized carbons (Fsp3) is 0.353. The van der Waals surface area contributed by atoms with E-state index in [0.29, 0.717) is 31.4 Å². The Morgan fingerprint density at radius 2 is 2.13 bits per heavy atom. The second kappa shape index (κ2) is 6.63. The lowest BCUT2D eigenvalue weighted by Crippen LogP contribution is -2.46. The fourth-order valence-electron chi connectivity index (χ4n) is 2.75. The van der Waals surface area contributed by atoms with E-state index in [4.69, 9.17) is 5.26 Å². The molecule has 118 valence electrons. The summed E-state index contributed by atoms with van der Waals surface area (Å²) < 4.78 is 1.70. The van der Waals surface area contributed by atoms with Gasteiger partial charge in [0.2, 0.25) is 0 Å². The third kappa shape index (κ3) is 3.25. The molecule has 1 aliphatic rings. The average molecular weight is 310 g/mol. The molecule has 1 aromatic heterocycles. The molecule has 0 aliphatic heterocycles. The van der Waals surface area contributed by atoms with Crippen LogP contribution in [0.3, 0.4) is 0 Å². The number of carbonyl (C=O) groups excluding carboxylic acids is 1. The highest BCUT2D eigenvalue weighted by molar-refractivity contribution is 6.00. The summed E-state index contributed by atoms with van der Waals surface area (Å²) in [6, 6.07) is 11.7. The molecule has 1 aliphatic carbocycles. The van der Waals surface area contributed by atoms with Gasteiger partial charge in [-0.1, -0.05) is 30.3 Å². The number of aromatic nitrogens is 2. The second-order valence-electron chi connectivity index (χ2n) is 5.70. The van der Waals surface area contributed by atoms with Crippen molar-refractivity contribution < 1.29 is 9.90 Å². The van der Waals surface area contributed by atoms with Crippen molar-refractivity contribution in [3.63, 3.8) is 0 Å². The van der Waals surface area contributed by atoms with Gasteiger partial charge < -0.3 is 10.4 Å². The molecular weight excluding hydrogens is 292 g/mol. The zero-order valence-corrected chi connectivity index (χ0v) is 12.6. The SMILES string of the molecule is N#CCCn1ncc(C(=O)NC2CC(O)C2)c1-c1ccccc1. The lowest BCUT2D eigenvalue weighted by Gasteiger charge is -2.31. The van der Waals surface area contributed by atoms with Crippen LogP contribution in [0.4, 0.5) is 0 Å². The van der Waals surface area contributed by atoms with Gasteiger partial charge in [-0.15, -0.1) is 0 Å². The molecule has 23 heavy (non-hydrogen) atoms. The van der Waals surface area contributed by atoms with Crippen LogP contribution < -0.4 is 5.32 Å². The molecule has 1 heterocycles. The first kappa shape index (κ1) is 15.3. The molecule has 6 heteroatoms. The minimum Gasteiger partial charge on any atom is -0.393 e. The molecule has 0 saturated heterocycles. The van der Waals surface area contributed by atoms with Gasteiger partial charge in [-0.25, -0.2) is 0 Å². The summed E-state index contributed by atoms with van der Waals surface area (Å²) in [5.74, 6) is -0.191. The zero-order chi connectivity index (χ0) is 16.2. The van der Waals surface area contributed by atoms with Gasteiger partial charge in [0.25, 0.3) is 5.91 Å². The van der Waals surface area contributed by atoms with Crippen LogP contribution >= 0.6 is 0 Å². The lowest BCUT2D eigenvalue weighted by atomic mass is 9.89. The molecule has 3 rings (SSSR count). The number of carbonyl (C=O) groups is 1. The van der Waals surface area contributed by atoms with Crippen molar-refractivity contribution in [3.8, 4) is 17.3 Å². The molecular formula is C17H18N4O2. The number of nitrogens with zero attached hydrogens (tertiary/aromatic N) is 3. The van der Waals surface area contributed by atoms with Gasteiger partial charge >= 0.3 is 0 Å². The van der Waals surface area contributed by atoms with Gasteiger partial charge in [-0.3, -0.25) is 9.48 Å². The molecule has 2 aromatic rings. The lowest BCUT2D eigenvalue weighted by molar-refractivity contribution is 0.0563. The second-order valence-corrected chi connectivity index (χ2v) is 5.70. The van der Waals surface area contributed by atoms with Crippen molar-refractivity contribution in [3.05, 3.63) is 42.1 Å². The number of nitriles is 1. The van der Waals surface area contributed by atoms with Crippen molar-refractivity contribution >= 4 is 5.91 Å². The van der Waals surface area contributed by atoms with Crippen molar-refractivity contribution in [1.82, 2.24) is 15.1 Å². The Morgan fingerprint density at radius 3 is 2.78 bits per heavy atom. The van der Waals surface area contributed by atoms with Gasteiger partial charge in [0.15, 0.2) is 0 Å². The van der Waals surface area contributed by atoms with E-state index in [1.54, 1.807) is 10.9 Å². The molecule has 0 atom stereocenters. The predicted molar refractivity (Wildman–Crippen MR) is 84.4 cm³/mol. The van der Waals surface area contributed by atoms with E-state index in [-0.39, 0.29) is 18.1 Å². The van der Waals surface area contributed by atoms with Crippen LogP contribution in [-0.2, 0) is 6.54 Å². The maximum absolute atomic E-state index is 12.5. The number of aryl methyl sites for hydroxylation is 1. The molecule has 1 aromatic carbocycles. The van der Waals surface area contributed by atoms with Gasteiger partial charge in [0.05, 0.1) is 42.6 Å². The first-order valence-electron chi connectivity index (χ1n) is 7.66. The van der Waals surface area contributed by atoms with Crippen LogP contribution in [0.2, 0.25) is 0 Å². The molecule has 6 nitrogen and oxygen atoms in total. The smallest absolute Gasteiger partial charge is 0.255 e. The summed E-state index contributed by atoms with van der Waals surface area (Å²) >= 11 is 0. The van der Waals surface area contributed by atoms with E-state index < -0.39 is 0 Å². The molecule has 2 N–H and O–H groups in total. The molecule has 1 fully saturated rings. The summed E-state index contributed by atoms with van der Waals surface area (Å²) in [4.78, 5) is 12.5. The highest BCUT2D eigenvalue weighted by Crippen LogP contribution is 2.25. The first-order valence-corrected chi connectivity index (χ1v) is 7.66. The van der Waals surface area contributed by atoms with Crippen LogP contribution in [0.25, 0.3) is 11.3 Å². The number of amides is 1. The average Bonchev–Trinajstić information content (AvgIpc) is 2.96. The summed E-state index contributed by atoms with van der Waals surface area (Å²) in [6.45, 7) is 0.441. The van der Waals surface area contributed by atoms with Crippen LogP contribution in [-0.4, -0.2) is 32.9 Å². The number of aliphatic hydroxyl groups is 1. The van der Waals surface area contributed by atoms with Gasteiger partial charge in [-0.05, 0) is 12.8 Å². The van der Waals surface area contributed by atoms with Crippen LogP contribution in [0.5, 0.6) is 0 Å². The van der Waals surface area contributed by atoms with E-state index >= 15 is 0 Å². The Labute approximate surface area is 134 Å². The number of nitrogens with one attached hydrogen (secondary N) is 1. The third-order valence-electron chi connectivity index (χ3n) is 4.02. The molecule has 1 amide bonds. The molecule has 0 radical (unpaired) electrons. The van der Waals surface area contributed by atoms with Crippen molar-refractivity contribution in [2.24, 2.45) is 0 Å². The minimum absolute atomic E-state index is 0.0172. The minimum atomic E-state index is -0.313. The van der Waals surface area contributed by atoms with Gasteiger partial charge in [-0.2, -0.15) is 10.4 Å². The van der Waals surface area contributed by atoms with Gasteiger partial charge in [0.1, 0.15) is 0 Å². The highest BCUT2D eigenvalue weighted by atomic mass is 16.3. The van der Waals surface area contributed by atoms with Crippen LogP contribution in [0.1, 0.15) is 29.6 Å². The Morgan fingerprint density at radius 1 is 1.39 bits per heavy atom. The van der Waals surface area contributed by atoms with Crippen LogP contribution in [0.15, 0.2) is 36.5 Å². The van der Waals surface area contributed by atoms with E-state index in [1.165, 1.54) is 0 Å². The van der Waals surface area contributed by atoms with Gasteiger partial charge in [0, 0.05) is 11.6 Å².